The van der Waals surface area contributed by atoms with Gasteiger partial charge in [-0.15, -0.1) is 0 Å². The van der Waals surface area contributed by atoms with E-state index in [0.29, 0.717) is 22.6 Å². The molecule has 3 aromatic carbocycles. The number of anilines is 3. The highest BCUT2D eigenvalue weighted by Crippen LogP contribution is 2.30. The maximum atomic E-state index is 12.7. The van der Waals surface area contributed by atoms with E-state index in [2.05, 4.69) is 10.6 Å². The normalized spacial score (nSPS) is 11.1. The summed E-state index contributed by atoms with van der Waals surface area (Å²) in [5, 5.41) is 5.81. The van der Waals surface area contributed by atoms with Gasteiger partial charge >= 0.3 is 6.18 Å². The summed E-state index contributed by atoms with van der Waals surface area (Å²) in [5.74, 6) is -0.311. The van der Waals surface area contributed by atoms with Crippen LogP contribution in [0.25, 0.3) is 0 Å². The van der Waals surface area contributed by atoms with Crippen LogP contribution in [-0.4, -0.2) is 5.91 Å². The van der Waals surface area contributed by atoms with Crippen molar-refractivity contribution in [3.8, 4) is 0 Å². The number of amides is 1. The van der Waals surface area contributed by atoms with Crippen molar-refractivity contribution >= 4 is 23.0 Å². The number of halogens is 3. The van der Waals surface area contributed by atoms with E-state index in [4.69, 9.17) is 0 Å². The van der Waals surface area contributed by atoms with Gasteiger partial charge in [-0.2, -0.15) is 13.2 Å². The van der Waals surface area contributed by atoms with E-state index in [-0.39, 0.29) is 5.91 Å². The van der Waals surface area contributed by atoms with E-state index < -0.39 is 11.7 Å². The molecule has 3 aromatic rings. The molecule has 138 valence electrons. The molecule has 0 heterocycles. The van der Waals surface area contributed by atoms with Crippen molar-refractivity contribution in [3.63, 3.8) is 0 Å². The summed E-state index contributed by atoms with van der Waals surface area (Å²) in [6.07, 6.45) is -4.38. The van der Waals surface area contributed by atoms with Gasteiger partial charge in [0.15, 0.2) is 0 Å². The average molecular weight is 370 g/mol. The van der Waals surface area contributed by atoms with Crippen LogP contribution < -0.4 is 10.6 Å². The van der Waals surface area contributed by atoms with E-state index in [1.807, 2.05) is 19.1 Å². The molecule has 0 spiro atoms. The number of carbonyl (C=O) groups is 1. The van der Waals surface area contributed by atoms with Crippen molar-refractivity contribution in [1.82, 2.24) is 0 Å². The fourth-order valence-electron chi connectivity index (χ4n) is 2.52. The molecule has 0 fully saturated rings. The fraction of sp³-hybridized carbons (Fsp3) is 0.0952. The average Bonchev–Trinajstić information content (AvgIpc) is 2.64. The standard InChI is InChI=1S/C21H17F3N2O/c1-14-6-10-17(11-7-14)26-20(27)18-4-2-3-5-19(18)25-16-12-8-15(9-13-16)21(22,23)24/h2-13,25H,1H3,(H,26,27). The van der Waals surface area contributed by atoms with E-state index in [1.165, 1.54) is 12.1 Å². The molecule has 1 amide bonds. The zero-order chi connectivity index (χ0) is 19.4. The summed E-state index contributed by atoms with van der Waals surface area (Å²) >= 11 is 0. The molecule has 0 aromatic heterocycles. The molecule has 0 aliphatic heterocycles. The molecule has 2 N–H and O–H groups in total. The number of rotatable bonds is 4. The summed E-state index contributed by atoms with van der Waals surface area (Å²) in [4.78, 5) is 12.6. The predicted molar refractivity (Wildman–Crippen MR) is 100 cm³/mol. The number of benzene rings is 3. The topological polar surface area (TPSA) is 41.1 Å². The lowest BCUT2D eigenvalue weighted by atomic mass is 10.1. The minimum absolute atomic E-state index is 0.311. The van der Waals surface area contributed by atoms with Gasteiger partial charge in [-0.3, -0.25) is 4.79 Å². The van der Waals surface area contributed by atoms with Gasteiger partial charge in [0.25, 0.3) is 5.91 Å². The van der Waals surface area contributed by atoms with Gasteiger partial charge in [-0.05, 0) is 55.5 Å². The van der Waals surface area contributed by atoms with Crippen LogP contribution in [-0.2, 0) is 6.18 Å². The van der Waals surface area contributed by atoms with Crippen LogP contribution in [0.1, 0.15) is 21.5 Å². The molecule has 27 heavy (non-hydrogen) atoms. The lowest BCUT2D eigenvalue weighted by Gasteiger charge is -2.13. The Morgan fingerprint density at radius 1 is 0.815 bits per heavy atom. The Kier molecular flexibility index (Phi) is 5.16. The number of para-hydroxylation sites is 1. The molecule has 0 unspecified atom stereocenters. The highest BCUT2D eigenvalue weighted by molar-refractivity contribution is 6.08. The zero-order valence-corrected chi connectivity index (χ0v) is 14.5. The first-order valence-corrected chi connectivity index (χ1v) is 8.24. The van der Waals surface area contributed by atoms with E-state index in [1.54, 1.807) is 36.4 Å². The fourth-order valence-corrected chi connectivity index (χ4v) is 2.52. The van der Waals surface area contributed by atoms with Gasteiger partial charge < -0.3 is 10.6 Å². The number of aryl methyl sites for hydroxylation is 1. The van der Waals surface area contributed by atoms with Crippen LogP contribution in [0, 0.1) is 6.92 Å². The number of nitrogens with one attached hydrogen (secondary N) is 2. The first-order chi connectivity index (χ1) is 12.8. The first-order valence-electron chi connectivity index (χ1n) is 8.24. The summed E-state index contributed by atoms with van der Waals surface area (Å²) in [7, 11) is 0. The predicted octanol–water partition coefficient (Wildman–Crippen LogP) is 6.01. The van der Waals surface area contributed by atoms with Crippen molar-refractivity contribution in [2.45, 2.75) is 13.1 Å². The monoisotopic (exact) mass is 370 g/mol. The van der Waals surface area contributed by atoms with Gasteiger partial charge in [0.2, 0.25) is 0 Å². The second-order valence-corrected chi connectivity index (χ2v) is 6.07. The Labute approximate surface area is 154 Å². The molecule has 0 radical (unpaired) electrons. The Morgan fingerprint density at radius 3 is 2.04 bits per heavy atom. The molecule has 0 bridgehead atoms. The SMILES string of the molecule is Cc1ccc(NC(=O)c2ccccc2Nc2ccc(C(F)(F)F)cc2)cc1. The third-order valence-corrected chi connectivity index (χ3v) is 3.97. The largest absolute Gasteiger partial charge is 0.416 e. The minimum Gasteiger partial charge on any atom is -0.355 e. The highest BCUT2D eigenvalue weighted by Gasteiger charge is 2.29. The molecule has 3 rings (SSSR count). The maximum Gasteiger partial charge on any atom is 0.416 e. The number of carbonyl (C=O) groups excluding carboxylic acids is 1. The molecule has 3 nitrogen and oxygen atoms in total. The van der Waals surface area contributed by atoms with E-state index in [0.717, 1.165) is 17.7 Å². The van der Waals surface area contributed by atoms with E-state index in [9.17, 15) is 18.0 Å². The van der Waals surface area contributed by atoms with Crippen molar-refractivity contribution in [3.05, 3.63) is 89.5 Å². The Morgan fingerprint density at radius 2 is 1.41 bits per heavy atom. The molecule has 0 atom stereocenters. The van der Waals surface area contributed by atoms with Crippen LogP contribution in [0.5, 0.6) is 0 Å². The summed E-state index contributed by atoms with van der Waals surface area (Å²) in [5.41, 5.74) is 2.36. The Hall–Kier alpha value is -3.28. The van der Waals surface area contributed by atoms with Gasteiger partial charge in [-0.25, -0.2) is 0 Å². The van der Waals surface area contributed by atoms with Crippen molar-refractivity contribution in [2.24, 2.45) is 0 Å². The van der Waals surface area contributed by atoms with Crippen LogP contribution >= 0.6 is 0 Å². The number of hydrogen-bond acceptors (Lipinski definition) is 2. The molecular formula is C21H17F3N2O. The van der Waals surface area contributed by atoms with Crippen molar-refractivity contribution in [1.29, 1.82) is 0 Å². The summed E-state index contributed by atoms with van der Waals surface area (Å²) in [6, 6.07) is 18.9. The molecule has 0 aliphatic rings. The number of hydrogen-bond donors (Lipinski definition) is 2. The maximum absolute atomic E-state index is 12.7. The van der Waals surface area contributed by atoms with Crippen LogP contribution in [0.15, 0.2) is 72.8 Å². The van der Waals surface area contributed by atoms with Gasteiger partial charge in [0.1, 0.15) is 0 Å². The number of alkyl halides is 3. The summed E-state index contributed by atoms with van der Waals surface area (Å²) in [6.45, 7) is 1.95. The molecule has 6 heteroatoms. The van der Waals surface area contributed by atoms with Gasteiger partial charge in [-0.1, -0.05) is 29.8 Å². The first kappa shape index (κ1) is 18.5. The van der Waals surface area contributed by atoms with Gasteiger partial charge in [0.05, 0.1) is 16.8 Å². The van der Waals surface area contributed by atoms with E-state index >= 15 is 0 Å². The third kappa shape index (κ3) is 4.67. The Balaban J connectivity index is 1.79. The van der Waals surface area contributed by atoms with Gasteiger partial charge in [0, 0.05) is 11.4 Å². The van der Waals surface area contributed by atoms with Crippen LogP contribution in [0.3, 0.4) is 0 Å². The molecule has 0 saturated heterocycles. The minimum atomic E-state index is -4.38. The second-order valence-electron chi connectivity index (χ2n) is 6.07. The lowest BCUT2D eigenvalue weighted by molar-refractivity contribution is -0.137. The smallest absolute Gasteiger partial charge is 0.355 e. The third-order valence-electron chi connectivity index (χ3n) is 3.97. The van der Waals surface area contributed by atoms with Crippen LogP contribution in [0.4, 0.5) is 30.2 Å². The quantitative estimate of drug-likeness (QED) is 0.590. The zero-order valence-electron chi connectivity index (χ0n) is 14.5. The lowest BCUT2D eigenvalue weighted by Crippen LogP contribution is -2.13. The van der Waals surface area contributed by atoms with Crippen molar-refractivity contribution < 1.29 is 18.0 Å². The molecule has 0 saturated carbocycles. The molecular weight excluding hydrogens is 353 g/mol. The Bertz CT molecular complexity index is 933. The summed E-state index contributed by atoms with van der Waals surface area (Å²) < 4.78 is 38.0. The van der Waals surface area contributed by atoms with Crippen LogP contribution in [0.2, 0.25) is 0 Å². The van der Waals surface area contributed by atoms with Crippen molar-refractivity contribution in [2.75, 3.05) is 10.6 Å². The highest BCUT2D eigenvalue weighted by atomic mass is 19.4. The molecule has 0 aliphatic carbocycles. The second kappa shape index (κ2) is 7.53.